The maximum atomic E-state index is 12.9. The van der Waals surface area contributed by atoms with E-state index in [1.807, 2.05) is 24.3 Å². The molecule has 2 saturated heterocycles. The molecule has 0 atom stereocenters. The molecule has 2 amide bonds. The first-order chi connectivity index (χ1) is 16.5. The lowest BCUT2D eigenvalue weighted by molar-refractivity contribution is -0.130. The van der Waals surface area contributed by atoms with Crippen LogP contribution in [0.2, 0.25) is 5.02 Å². The molecule has 2 aliphatic rings. The molecule has 0 radical (unpaired) electrons. The Morgan fingerprint density at radius 3 is 2.44 bits per heavy atom. The second-order valence-electron chi connectivity index (χ2n) is 8.68. The molecule has 0 bridgehead atoms. The number of aromatic nitrogens is 1. The zero-order valence-corrected chi connectivity index (χ0v) is 20.4. The van der Waals surface area contributed by atoms with E-state index in [0.717, 1.165) is 50.0 Å². The number of piperazine rings is 1. The van der Waals surface area contributed by atoms with Crippen LogP contribution in [-0.2, 0) is 22.6 Å². The summed E-state index contributed by atoms with van der Waals surface area (Å²) in [5, 5.41) is 0.729. The maximum Gasteiger partial charge on any atom is 0.275 e. The van der Waals surface area contributed by atoms with Crippen LogP contribution < -0.4 is 0 Å². The van der Waals surface area contributed by atoms with Crippen molar-refractivity contribution >= 4 is 23.4 Å². The molecule has 2 fully saturated rings. The minimum atomic E-state index is -0.163. The molecule has 4 rings (SSSR count). The number of amides is 2. The number of oxazole rings is 1. The zero-order valence-electron chi connectivity index (χ0n) is 19.6. The highest BCUT2D eigenvalue weighted by molar-refractivity contribution is 6.31. The van der Waals surface area contributed by atoms with E-state index >= 15 is 0 Å². The van der Waals surface area contributed by atoms with Gasteiger partial charge in [0, 0.05) is 70.8 Å². The highest BCUT2D eigenvalue weighted by atomic mass is 35.5. The first kappa shape index (κ1) is 24.7. The number of ether oxygens (including phenoxy) is 1. The summed E-state index contributed by atoms with van der Waals surface area (Å²) in [6.07, 6.45) is 1.44. The third kappa shape index (κ3) is 6.56. The SMILES string of the molecule is CC(=O)N1CCN(C(=O)c2coc(CN(CCN3CCOCC3)Cc3ccccc3Cl)n2)CC1. The zero-order chi connectivity index (χ0) is 23.9. The van der Waals surface area contributed by atoms with Crippen LogP contribution in [0.5, 0.6) is 0 Å². The van der Waals surface area contributed by atoms with Crippen molar-refractivity contribution in [3.05, 3.63) is 52.7 Å². The van der Waals surface area contributed by atoms with Crippen molar-refractivity contribution < 1.29 is 18.7 Å². The van der Waals surface area contributed by atoms with E-state index in [1.165, 1.54) is 6.26 Å². The van der Waals surface area contributed by atoms with Gasteiger partial charge in [-0.15, -0.1) is 0 Å². The molecule has 1 aromatic heterocycles. The number of benzene rings is 1. The predicted molar refractivity (Wildman–Crippen MR) is 127 cm³/mol. The molecule has 3 heterocycles. The number of morpholine rings is 1. The van der Waals surface area contributed by atoms with E-state index in [9.17, 15) is 9.59 Å². The standard InChI is InChI=1S/C24H32ClN5O4/c1-19(31)29-8-10-30(11-9-29)24(32)22-18-34-23(26-22)17-28(7-6-27-12-14-33-15-13-27)16-20-4-2-3-5-21(20)25/h2-5,18H,6-17H2,1H3. The van der Waals surface area contributed by atoms with E-state index < -0.39 is 0 Å². The lowest BCUT2D eigenvalue weighted by atomic mass is 10.2. The second-order valence-corrected chi connectivity index (χ2v) is 9.09. The summed E-state index contributed by atoms with van der Waals surface area (Å²) in [6.45, 7) is 9.84. The Hall–Kier alpha value is -2.46. The number of hydrogen-bond acceptors (Lipinski definition) is 7. The van der Waals surface area contributed by atoms with Crippen molar-refractivity contribution in [3.8, 4) is 0 Å². The van der Waals surface area contributed by atoms with Gasteiger partial charge in [-0.05, 0) is 11.6 Å². The van der Waals surface area contributed by atoms with Gasteiger partial charge in [-0.3, -0.25) is 19.4 Å². The maximum absolute atomic E-state index is 12.9. The Labute approximate surface area is 205 Å². The van der Waals surface area contributed by atoms with Crippen LogP contribution >= 0.6 is 11.6 Å². The molecule has 2 aromatic rings. The number of nitrogens with zero attached hydrogens (tertiary/aromatic N) is 5. The van der Waals surface area contributed by atoms with Crippen LogP contribution in [0.15, 0.2) is 34.9 Å². The Kier molecular flexibility index (Phi) is 8.55. The van der Waals surface area contributed by atoms with Gasteiger partial charge in [-0.2, -0.15) is 0 Å². The van der Waals surface area contributed by atoms with Crippen molar-refractivity contribution in [2.75, 3.05) is 65.6 Å². The summed E-state index contributed by atoms with van der Waals surface area (Å²) in [5.41, 5.74) is 1.34. The van der Waals surface area contributed by atoms with Crippen molar-refractivity contribution in [2.45, 2.75) is 20.0 Å². The van der Waals surface area contributed by atoms with Gasteiger partial charge < -0.3 is 19.0 Å². The van der Waals surface area contributed by atoms with Crippen LogP contribution in [0.3, 0.4) is 0 Å². The van der Waals surface area contributed by atoms with Crippen molar-refractivity contribution in [2.24, 2.45) is 0 Å². The number of hydrogen-bond donors (Lipinski definition) is 0. The van der Waals surface area contributed by atoms with Crippen LogP contribution in [0.25, 0.3) is 0 Å². The fourth-order valence-corrected chi connectivity index (χ4v) is 4.44. The van der Waals surface area contributed by atoms with Crippen molar-refractivity contribution in [1.82, 2.24) is 24.6 Å². The average Bonchev–Trinajstić information content (AvgIpc) is 3.32. The predicted octanol–water partition coefficient (Wildman–Crippen LogP) is 1.97. The van der Waals surface area contributed by atoms with Crippen LogP contribution in [0.4, 0.5) is 0 Å². The van der Waals surface area contributed by atoms with Gasteiger partial charge in [-0.25, -0.2) is 4.98 Å². The van der Waals surface area contributed by atoms with Crippen LogP contribution in [-0.4, -0.2) is 102 Å². The molecule has 34 heavy (non-hydrogen) atoms. The number of halogens is 1. The quantitative estimate of drug-likeness (QED) is 0.560. The summed E-state index contributed by atoms with van der Waals surface area (Å²) in [5.74, 6) is 0.371. The van der Waals surface area contributed by atoms with Gasteiger partial charge in [0.25, 0.3) is 5.91 Å². The van der Waals surface area contributed by atoms with E-state index in [0.29, 0.717) is 50.9 Å². The van der Waals surface area contributed by atoms with E-state index in [1.54, 1.807) is 16.7 Å². The second kappa shape index (κ2) is 11.8. The Bertz CT molecular complexity index is 970. The normalized spacial score (nSPS) is 17.4. The smallest absolute Gasteiger partial charge is 0.275 e. The number of carbonyl (C=O) groups excluding carboxylic acids is 2. The summed E-state index contributed by atoms with van der Waals surface area (Å²) in [6, 6.07) is 7.82. The summed E-state index contributed by atoms with van der Waals surface area (Å²) >= 11 is 6.41. The van der Waals surface area contributed by atoms with Gasteiger partial charge in [0.15, 0.2) is 5.69 Å². The van der Waals surface area contributed by atoms with Gasteiger partial charge in [-0.1, -0.05) is 29.8 Å². The third-order valence-electron chi connectivity index (χ3n) is 6.33. The number of carbonyl (C=O) groups is 2. The van der Waals surface area contributed by atoms with E-state index in [-0.39, 0.29) is 11.8 Å². The molecule has 0 unspecified atom stereocenters. The molecule has 0 spiro atoms. The average molecular weight is 490 g/mol. The summed E-state index contributed by atoms with van der Waals surface area (Å²) in [4.78, 5) is 37.0. The molecule has 0 saturated carbocycles. The van der Waals surface area contributed by atoms with Gasteiger partial charge in [0.1, 0.15) is 6.26 Å². The highest BCUT2D eigenvalue weighted by Gasteiger charge is 2.26. The lowest BCUT2D eigenvalue weighted by Gasteiger charge is -2.33. The van der Waals surface area contributed by atoms with E-state index in [4.69, 9.17) is 20.8 Å². The molecular formula is C24H32ClN5O4. The molecule has 9 nitrogen and oxygen atoms in total. The molecule has 184 valence electrons. The van der Waals surface area contributed by atoms with Gasteiger partial charge >= 0.3 is 0 Å². The Balaban J connectivity index is 1.39. The minimum Gasteiger partial charge on any atom is -0.447 e. The lowest BCUT2D eigenvalue weighted by Crippen LogP contribution is -2.50. The third-order valence-corrected chi connectivity index (χ3v) is 6.70. The van der Waals surface area contributed by atoms with Crippen LogP contribution in [0.1, 0.15) is 28.9 Å². The fourth-order valence-electron chi connectivity index (χ4n) is 4.25. The van der Waals surface area contributed by atoms with Crippen LogP contribution in [0, 0.1) is 0 Å². The molecule has 10 heteroatoms. The van der Waals surface area contributed by atoms with Gasteiger partial charge in [0.2, 0.25) is 11.8 Å². The fraction of sp³-hybridized carbons (Fsp3) is 0.542. The van der Waals surface area contributed by atoms with Crippen molar-refractivity contribution in [3.63, 3.8) is 0 Å². The first-order valence-corrected chi connectivity index (χ1v) is 12.1. The molecule has 0 N–H and O–H groups in total. The summed E-state index contributed by atoms with van der Waals surface area (Å²) < 4.78 is 11.1. The molecule has 1 aromatic carbocycles. The molecular weight excluding hydrogens is 458 g/mol. The van der Waals surface area contributed by atoms with Crippen molar-refractivity contribution in [1.29, 1.82) is 0 Å². The first-order valence-electron chi connectivity index (χ1n) is 11.7. The molecule has 0 aliphatic carbocycles. The van der Waals surface area contributed by atoms with E-state index in [2.05, 4.69) is 14.8 Å². The monoisotopic (exact) mass is 489 g/mol. The highest BCUT2D eigenvalue weighted by Crippen LogP contribution is 2.19. The number of rotatable bonds is 8. The topological polar surface area (TPSA) is 82.4 Å². The largest absolute Gasteiger partial charge is 0.447 e. The summed E-state index contributed by atoms with van der Waals surface area (Å²) in [7, 11) is 0. The Morgan fingerprint density at radius 1 is 1.03 bits per heavy atom. The minimum absolute atomic E-state index is 0.0338. The Morgan fingerprint density at radius 2 is 1.74 bits per heavy atom. The molecule has 2 aliphatic heterocycles. The van der Waals surface area contributed by atoms with Gasteiger partial charge in [0.05, 0.1) is 19.8 Å².